The second-order valence-electron chi connectivity index (χ2n) is 7.78. The van der Waals surface area contributed by atoms with Gasteiger partial charge < -0.3 is 14.4 Å². The van der Waals surface area contributed by atoms with Crippen LogP contribution < -0.4 is 10.5 Å². The van der Waals surface area contributed by atoms with Crippen LogP contribution in [0.2, 0.25) is 0 Å². The van der Waals surface area contributed by atoms with E-state index in [9.17, 15) is 9.59 Å². The third-order valence-electron chi connectivity index (χ3n) is 5.76. The van der Waals surface area contributed by atoms with Gasteiger partial charge in [-0.2, -0.15) is 5.10 Å². The lowest BCUT2D eigenvalue weighted by Crippen LogP contribution is -2.49. The molecule has 1 amide bonds. The molecule has 0 unspecified atom stereocenters. The first-order valence-corrected chi connectivity index (χ1v) is 10.8. The highest BCUT2D eigenvalue weighted by Crippen LogP contribution is 2.29. The summed E-state index contributed by atoms with van der Waals surface area (Å²) in [6.07, 6.45) is 3.28. The molecule has 160 valence electrons. The Morgan fingerprint density at radius 3 is 2.58 bits per heavy atom. The zero-order chi connectivity index (χ0) is 21.9. The normalized spacial score (nSPS) is 14.7. The predicted molar refractivity (Wildman–Crippen MR) is 119 cm³/mol. The fourth-order valence-electron chi connectivity index (χ4n) is 4.03. The van der Waals surface area contributed by atoms with Crippen LogP contribution in [0.15, 0.2) is 17.3 Å². The summed E-state index contributed by atoms with van der Waals surface area (Å²) < 4.78 is 3.19. The van der Waals surface area contributed by atoms with E-state index in [4.69, 9.17) is 0 Å². The Labute approximate surface area is 181 Å². The van der Waals surface area contributed by atoms with Crippen LogP contribution in [0.5, 0.6) is 0 Å². The van der Waals surface area contributed by atoms with Gasteiger partial charge in [0.05, 0.1) is 28.2 Å². The average Bonchev–Trinajstić information content (AvgIpc) is 3.30. The number of hydrogen-bond acceptors (Lipinski definition) is 8. The lowest BCUT2D eigenvalue weighted by atomic mass is 10.2. The largest absolute Gasteiger partial charge is 0.352 e. The minimum atomic E-state index is -0.123. The van der Waals surface area contributed by atoms with Crippen molar-refractivity contribution < 1.29 is 4.79 Å². The van der Waals surface area contributed by atoms with Crippen molar-refractivity contribution in [2.24, 2.45) is 14.1 Å². The molecule has 1 fully saturated rings. The fraction of sp³-hybridized carbons (Fsp3) is 0.400. The lowest BCUT2D eigenvalue weighted by Gasteiger charge is -2.35. The summed E-state index contributed by atoms with van der Waals surface area (Å²) in [7, 11) is 3.53. The van der Waals surface area contributed by atoms with Gasteiger partial charge in [0.2, 0.25) is 0 Å². The molecular weight excluding hydrogens is 416 g/mol. The van der Waals surface area contributed by atoms with Gasteiger partial charge >= 0.3 is 0 Å². The molecule has 11 heteroatoms. The number of rotatable bonds is 2. The highest BCUT2D eigenvalue weighted by atomic mass is 32.1. The highest BCUT2D eigenvalue weighted by Gasteiger charge is 2.28. The van der Waals surface area contributed by atoms with Crippen molar-refractivity contribution in [1.82, 2.24) is 34.2 Å². The molecule has 0 bridgehead atoms. The van der Waals surface area contributed by atoms with Crippen LogP contribution in [0.4, 0.5) is 5.82 Å². The molecule has 0 spiro atoms. The van der Waals surface area contributed by atoms with E-state index in [0.29, 0.717) is 52.7 Å². The second-order valence-corrected chi connectivity index (χ2v) is 8.78. The number of nitrogens with zero attached hydrogens (tertiary/aromatic N) is 8. The molecule has 10 nitrogen and oxygen atoms in total. The number of anilines is 1. The monoisotopic (exact) mass is 438 g/mol. The van der Waals surface area contributed by atoms with Crippen LogP contribution >= 0.6 is 11.3 Å². The Bertz CT molecular complexity index is 1390. The van der Waals surface area contributed by atoms with E-state index in [1.807, 2.05) is 25.8 Å². The average molecular weight is 439 g/mol. The van der Waals surface area contributed by atoms with Crippen LogP contribution in [0.25, 0.3) is 21.3 Å². The summed E-state index contributed by atoms with van der Waals surface area (Å²) in [5.74, 6) is 1.50. The number of piperazine rings is 1. The van der Waals surface area contributed by atoms with Gasteiger partial charge in [0, 0.05) is 40.3 Å². The summed E-state index contributed by atoms with van der Waals surface area (Å²) >= 11 is 1.29. The summed E-state index contributed by atoms with van der Waals surface area (Å²) in [6.45, 7) is 6.17. The minimum absolute atomic E-state index is 0.0485. The van der Waals surface area contributed by atoms with E-state index in [2.05, 4.69) is 25.0 Å². The smallest absolute Gasteiger partial charge is 0.264 e. The molecule has 4 aromatic rings. The fourth-order valence-corrected chi connectivity index (χ4v) is 5.14. The lowest BCUT2D eigenvalue weighted by molar-refractivity contribution is 0.0751. The standard InChI is InChI=1S/C20H22N8O2S/c1-11-14-18(21-10-25(3)19(14)29)31-15(11)20(30)28-7-5-27(6-8-28)17-13-9-22-26(4)16(13)23-12(2)24-17/h9-10H,5-8H2,1-4H3. The Hall–Kier alpha value is -3.34. The summed E-state index contributed by atoms with van der Waals surface area (Å²) in [5, 5.41) is 5.76. The number of hydrogen-bond donors (Lipinski definition) is 0. The second kappa shape index (κ2) is 7.12. The van der Waals surface area contributed by atoms with Crippen molar-refractivity contribution >= 4 is 44.3 Å². The van der Waals surface area contributed by atoms with Gasteiger partial charge in [0.1, 0.15) is 16.5 Å². The summed E-state index contributed by atoms with van der Waals surface area (Å²) in [4.78, 5) is 44.4. The molecule has 5 rings (SSSR count). The molecule has 0 N–H and O–H groups in total. The molecule has 5 heterocycles. The Balaban J connectivity index is 1.40. The van der Waals surface area contributed by atoms with E-state index >= 15 is 0 Å². The van der Waals surface area contributed by atoms with Crippen LogP contribution in [0.3, 0.4) is 0 Å². The van der Waals surface area contributed by atoms with E-state index in [1.165, 1.54) is 22.2 Å². The quantitative estimate of drug-likeness (QED) is 0.464. The van der Waals surface area contributed by atoms with Crippen molar-refractivity contribution in [2.75, 3.05) is 31.1 Å². The van der Waals surface area contributed by atoms with Gasteiger partial charge in [0.15, 0.2) is 5.65 Å². The van der Waals surface area contributed by atoms with E-state index in [-0.39, 0.29) is 11.5 Å². The van der Waals surface area contributed by atoms with Gasteiger partial charge in [0.25, 0.3) is 11.5 Å². The van der Waals surface area contributed by atoms with Gasteiger partial charge in [-0.05, 0) is 19.4 Å². The van der Waals surface area contributed by atoms with Crippen molar-refractivity contribution in [1.29, 1.82) is 0 Å². The number of carbonyl (C=O) groups excluding carboxylic acids is 1. The van der Waals surface area contributed by atoms with Gasteiger partial charge in [-0.3, -0.25) is 14.3 Å². The zero-order valence-electron chi connectivity index (χ0n) is 17.8. The topological polar surface area (TPSA) is 102 Å². The first-order chi connectivity index (χ1) is 14.8. The van der Waals surface area contributed by atoms with Crippen molar-refractivity contribution in [3.05, 3.63) is 39.1 Å². The number of aryl methyl sites for hydroxylation is 4. The zero-order valence-corrected chi connectivity index (χ0v) is 18.6. The Kier molecular flexibility index (Phi) is 4.50. The highest BCUT2D eigenvalue weighted by molar-refractivity contribution is 7.20. The third kappa shape index (κ3) is 3.07. The molecule has 0 aromatic carbocycles. The summed E-state index contributed by atoms with van der Waals surface area (Å²) in [6, 6.07) is 0. The molecule has 1 saturated heterocycles. The van der Waals surface area contributed by atoms with Crippen molar-refractivity contribution in [2.45, 2.75) is 13.8 Å². The molecule has 1 aliphatic rings. The Morgan fingerprint density at radius 2 is 1.84 bits per heavy atom. The SMILES string of the molecule is Cc1nc(N2CCN(C(=O)c3sc4ncn(C)c(=O)c4c3C)CC2)c2cnn(C)c2n1. The molecular formula is C20H22N8O2S. The number of fused-ring (bicyclic) bond motifs is 2. The van der Waals surface area contributed by atoms with E-state index < -0.39 is 0 Å². The molecule has 0 saturated carbocycles. The van der Waals surface area contributed by atoms with Gasteiger partial charge in [-0.15, -0.1) is 11.3 Å². The molecule has 31 heavy (non-hydrogen) atoms. The third-order valence-corrected chi connectivity index (χ3v) is 6.94. The molecule has 1 aliphatic heterocycles. The molecule has 0 atom stereocenters. The predicted octanol–water partition coefficient (Wildman–Crippen LogP) is 1.25. The number of amides is 1. The maximum atomic E-state index is 13.2. The first kappa shape index (κ1) is 19.6. The van der Waals surface area contributed by atoms with E-state index in [1.54, 1.807) is 17.9 Å². The van der Waals surface area contributed by atoms with Crippen LogP contribution in [0.1, 0.15) is 21.1 Å². The minimum Gasteiger partial charge on any atom is -0.352 e. The molecule has 4 aromatic heterocycles. The molecule has 0 radical (unpaired) electrons. The molecule has 0 aliphatic carbocycles. The van der Waals surface area contributed by atoms with Crippen LogP contribution in [-0.4, -0.2) is 66.3 Å². The van der Waals surface area contributed by atoms with Crippen LogP contribution in [0, 0.1) is 13.8 Å². The number of carbonyl (C=O) groups is 1. The first-order valence-electron chi connectivity index (χ1n) is 10.0. The van der Waals surface area contributed by atoms with Crippen molar-refractivity contribution in [3.63, 3.8) is 0 Å². The maximum Gasteiger partial charge on any atom is 0.264 e. The number of aromatic nitrogens is 6. The van der Waals surface area contributed by atoms with E-state index in [0.717, 1.165) is 16.9 Å². The maximum absolute atomic E-state index is 13.2. The summed E-state index contributed by atoms with van der Waals surface area (Å²) in [5.41, 5.74) is 1.39. The van der Waals surface area contributed by atoms with Crippen LogP contribution in [-0.2, 0) is 14.1 Å². The van der Waals surface area contributed by atoms with Gasteiger partial charge in [-0.25, -0.2) is 15.0 Å². The Morgan fingerprint density at radius 1 is 1.10 bits per heavy atom. The van der Waals surface area contributed by atoms with Gasteiger partial charge in [-0.1, -0.05) is 0 Å². The van der Waals surface area contributed by atoms with Crippen molar-refractivity contribution in [3.8, 4) is 0 Å². The number of thiophene rings is 1.